The molecule has 0 atom stereocenters. The quantitative estimate of drug-likeness (QED) is 0.478. The number of nitrogens with zero attached hydrogens (tertiary/aromatic N) is 6. The Bertz CT molecular complexity index is 1330. The molecule has 0 amide bonds. The minimum atomic E-state index is -0.723. The van der Waals surface area contributed by atoms with Crippen molar-refractivity contribution in [1.82, 2.24) is 19.6 Å². The maximum absolute atomic E-state index is 12.5. The van der Waals surface area contributed by atoms with Crippen molar-refractivity contribution < 1.29 is 10.2 Å². The van der Waals surface area contributed by atoms with Gasteiger partial charge in [-0.2, -0.15) is 10.2 Å². The Kier molecular flexibility index (Phi) is 5.34. The van der Waals surface area contributed by atoms with Crippen LogP contribution in [0.4, 0.5) is 11.4 Å². The molecule has 160 valence electrons. The zero-order valence-corrected chi connectivity index (χ0v) is 17.2. The van der Waals surface area contributed by atoms with Gasteiger partial charge in [-0.25, -0.2) is 9.36 Å². The van der Waals surface area contributed by atoms with Crippen LogP contribution in [0.2, 0.25) is 0 Å². The fraction of sp³-hybridized carbons (Fsp3) is 0.0909. The number of hydrogen-bond donors (Lipinski definition) is 2. The summed E-state index contributed by atoms with van der Waals surface area (Å²) in [6.07, 6.45) is 0. The minimum absolute atomic E-state index is 0.124. The molecule has 0 bridgehead atoms. The second-order valence-corrected chi connectivity index (χ2v) is 6.88. The average Bonchev–Trinajstić information content (AvgIpc) is 2.81. The molecule has 0 fully saturated rings. The van der Waals surface area contributed by atoms with Crippen LogP contribution in [-0.2, 0) is 14.1 Å². The van der Waals surface area contributed by atoms with E-state index in [9.17, 15) is 19.8 Å². The van der Waals surface area contributed by atoms with Crippen molar-refractivity contribution in [1.29, 1.82) is 0 Å². The van der Waals surface area contributed by atoms with Crippen LogP contribution in [0.15, 0.2) is 80.5 Å². The number of aromatic hydroxyl groups is 2. The van der Waals surface area contributed by atoms with Gasteiger partial charge in [0.25, 0.3) is 11.1 Å². The van der Waals surface area contributed by atoms with Gasteiger partial charge in [-0.1, -0.05) is 60.7 Å². The van der Waals surface area contributed by atoms with E-state index in [2.05, 4.69) is 20.4 Å². The molecular weight excluding hydrogens is 412 g/mol. The van der Waals surface area contributed by atoms with Crippen molar-refractivity contribution >= 4 is 11.4 Å². The number of hydrogen-bond acceptors (Lipinski definition) is 8. The molecule has 0 saturated carbocycles. The van der Waals surface area contributed by atoms with Crippen LogP contribution in [0.3, 0.4) is 0 Å². The molecule has 0 saturated heterocycles. The van der Waals surface area contributed by atoms with Crippen molar-refractivity contribution in [3.63, 3.8) is 0 Å². The molecular formula is C22H18N6O4. The van der Waals surface area contributed by atoms with Crippen molar-refractivity contribution in [2.75, 3.05) is 0 Å². The second-order valence-electron chi connectivity index (χ2n) is 6.88. The first-order valence-electron chi connectivity index (χ1n) is 9.51. The molecule has 0 spiro atoms. The zero-order valence-electron chi connectivity index (χ0n) is 17.2. The molecule has 4 rings (SSSR count). The molecule has 10 nitrogen and oxygen atoms in total. The Morgan fingerprint density at radius 1 is 0.656 bits per heavy atom. The van der Waals surface area contributed by atoms with E-state index in [1.807, 2.05) is 0 Å². The fourth-order valence-electron chi connectivity index (χ4n) is 3.08. The van der Waals surface area contributed by atoms with Crippen molar-refractivity contribution in [2.45, 2.75) is 0 Å². The van der Waals surface area contributed by atoms with E-state index in [4.69, 9.17) is 0 Å². The van der Waals surface area contributed by atoms with E-state index in [0.717, 1.165) is 9.36 Å². The van der Waals surface area contributed by atoms with Gasteiger partial charge in [0.2, 0.25) is 0 Å². The van der Waals surface area contributed by atoms with Gasteiger partial charge in [-0.15, -0.1) is 10.2 Å². The summed E-state index contributed by atoms with van der Waals surface area (Å²) in [7, 11) is 2.81. The normalized spacial score (nSPS) is 11.2. The minimum Gasteiger partial charge on any atom is -0.504 e. The number of azo groups is 1. The van der Waals surface area contributed by atoms with Crippen molar-refractivity contribution in [2.24, 2.45) is 24.3 Å². The highest BCUT2D eigenvalue weighted by atomic mass is 16.3. The number of benzene rings is 2. The first kappa shape index (κ1) is 20.7. The fourth-order valence-corrected chi connectivity index (χ4v) is 3.08. The summed E-state index contributed by atoms with van der Waals surface area (Å²) in [4.78, 5) is 25.1. The Morgan fingerprint density at radius 3 is 1.34 bits per heavy atom. The summed E-state index contributed by atoms with van der Waals surface area (Å²) >= 11 is 0. The number of rotatable bonds is 4. The molecule has 2 aromatic heterocycles. The average molecular weight is 430 g/mol. The number of aromatic nitrogens is 4. The van der Waals surface area contributed by atoms with Crippen LogP contribution in [0.5, 0.6) is 11.5 Å². The molecule has 32 heavy (non-hydrogen) atoms. The van der Waals surface area contributed by atoms with E-state index in [0.29, 0.717) is 11.1 Å². The van der Waals surface area contributed by atoms with Gasteiger partial charge in [0, 0.05) is 25.2 Å². The van der Waals surface area contributed by atoms with E-state index >= 15 is 0 Å². The summed E-state index contributed by atoms with van der Waals surface area (Å²) < 4.78 is 2.02. The molecule has 10 heteroatoms. The zero-order chi connectivity index (χ0) is 22.8. The summed E-state index contributed by atoms with van der Waals surface area (Å²) in [6, 6.07) is 17.5. The number of aryl methyl sites for hydroxylation is 2. The lowest BCUT2D eigenvalue weighted by molar-refractivity contribution is 0.466. The Morgan fingerprint density at radius 2 is 1.00 bits per heavy atom. The lowest BCUT2D eigenvalue weighted by atomic mass is 10.1. The Balaban J connectivity index is 1.88. The van der Waals surface area contributed by atoms with Crippen LogP contribution in [0.1, 0.15) is 0 Å². The standard InChI is InChI=1S/C22H18N6O4/c1-27-21(31)17(19(29)15(25-27)13-9-5-3-6-10-13)23-24-18-20(30)16(26-28(2)22(18)32)14-11-7-4-8-12-14/h3-12,29-30H,1-2H3. The maximum Gasteiger partial charge on any atom is 0.298 e. The van der Waals surface area contributed by atoms with Gasteiger partial charge in [0.05, 0.1) is 0 Å². The summed E-state index contributed by atoms with van der Waals surface area (Å²) in [5, 5.41) is 37.1. The smallest absolute Gasteiger partial charge is 0.298 e. The summed E-state index contributed by atoms with van der Waals surface area (Å²) in [6.45, 7) is 0. The van der Waals surface area contributed by atoms with Gasteiger partial charge in [0.15, 0.2) is 22.9 Å². The molecule has 2 heterocycles. The van der Waals surface area contributed by atoms with Crippen molar-refractivity contribution in [3.05, 3.63) is 81.4 Å². The molecule has 0 aliphatic carbocycles. The molecule has 0 aliphatic rings. The van der Waals surface area contributed by atoms with Gasteiger partial charge < -0.3 is 10.2 Å². The third-order valence-electron chi connectivity index (χ3n) is 4.73. The second kappa shape index (κ2) is 8.26. The van der Waals surface area contributed by atoms with Crippen LogP contribution in [-0.4, -0.2) is 29.8 Å². The van der Waals surface area contributed by atoms with Crippen LogP contribution in [0, 0.1) is 0 Å². The SMILES string of the molecule is Cn1nc(-c2ccccc2)c(O)c(N=Nc2c(O)c(-c3ccccc3)nn(C)c2=O)c1=O. The molecule has 2 aromatic carbocycles. The van der Waals surface area contributed by atoms with Crippen LogP contribution in [0.25, 0.3) is 22.5 Å². The molecule has 0 radical (unpaired) electrons. The molecule has 4 aromatic rings. The highest BCUT2D eigenvalue weighted by Gasteiger charge is 2.20. The largest absolute Gasteiger partial charge is 0.504 e. The van der Waals surface area contributed by atoms with Gasteiger partial charge >= 0.3 is 0 Å². The predicted octanol–water partition coefficient (Wildman–Crippen LogP) is 3.03. The molecule has 0 unspecified atom stereocenters. The first-order valence-corrected chi connectivity index (χ1v) is 9.51. The first-order chi connectivity index (χ1) is 15.4. The maximum atomic E-state index is 12.5. The summed E-state index contributed by atoms with van der Waals surface area (Å²) in [5.41, 5.74) is -0.907. The highest BCUT2D eigenvalue weighted by molar-refractivity contribution is 5.73. The topological polar surface area (TPSA) is 135 Å². The predicted molar refractivity (Wildman–Crippen MR) is 117 cm³/mol. The van der Waals surface area contributed by atoms with Crippen molar-refractivity contribution in [3.8, 4) is 34.0 Å². The van der Waals surface area contributed by atoms with Gasteiger partial charge in [-0.3, -0.25) is 9.59 Å². The lowest BCUT2D eigenvalue weighted by Gasteiger charge is -2.09. The highest BCUT2D eigenvalue weighted by Crippen LogP contribution is 2.36. The van der Waals surface area contributed by atoms with Crippen LogP contribution < -0.4 is 11.1 Å². The van der Waals surface area contributed by atoms with E-state index < -0.39 is 34.0 Å². The third kappa shape index (κ3) is 3.65. The monoisotopic (exact) mass is 430 g/mol. The van der Waals surface area contributed by atoms with E-state index in [-0.39, 0.29) is 11.4 Å². The van der Waals surface area contributed by atoms with Gasteiger partial charge in [0.1, 0.15) is 11.4 Å². The Hall–Kier alpha value is -4.60. The van der Waals surface area contributed by atoms with E-state index in [1.54, 1.807) is 60.7 Å². The van der Waals surface area contributed by atoms with Crippen LogP contribution >= 0.6 is 0 Å². The third-order valence-corrected chi connectivity index (χ3v) is 4.73. The van der Waals surface area contributed by atoms with Gasteiger partial charge in [-0.05, 0) is 0 Å². The summed E-state index contributed by atoms with van der Waals surface area (Å²) in [5.74, 6) is -0.978. The Labute approximate surface area is 181 Å². The molecule has 2 N–H and O–H groups in total. The van der Waals surface area contributed by atoms with E-state index in [1.165, 1.54) is 14.1 Å². The lowest BCUT2D eigenvalue weighted by Crippen LogP contribution is -2.20. The molecule has 0 aliphatic heterocycles.